The van der Waals surface area contributed by atoms with Crippen LogP contribution in [-0.4, -0.2) is 62.7 Å². The molecule has 2 fully saturated rings. The summed E-state index contributed by atoms with van der Waals surface area (Å²) in [5, 5.41) is 33.7. The second-order valence-electron chi connectivity index (χ2n) is 10.7. The molecule has 206 valence electrons. The van der Waals surface area contributed by atoms with Gasteiger partial charge in [-0.2, -0.15) is 0 Å². The number of carbonyl (C=O) groups excluding carboxylic acids is 3. The zero-order valence-corrected chi connectivity index (χ0v) is 21.8. The topological polar surface area (TPSA) is 149 Å². The van der Waals surface area contributed by atoms with Gasteiger partial charge in [-0.1, -0.05) is 42.5 Å². The third kappa shape index (κ3) is 3.83. The molecule has 3 aromatic carbocycles. The molecule has 0 radical (unpaired) electrons. The smallest absolute Gasteiger partial charge is 0.338 e. The summed E-state index contributed by atoms with van der Waals surface area (Å²) < 4.78 is 23.8. The summed E-state index contributed by atoms with van der Waals surface area (Å²) >= 11 is 0. The van der Waals surface area contributed by atoms with Crippen LogP contribution in [0.1, 0.15) is 74.6 Å². The maximum atomic E-state index is 13.3. The van der Waals surface area contributed by atoms with Crippen LogP contribution in [-0.2, 0) is 18.9 Å². The predicted molar refractivity (Wildman–Crippen MR) is 137 cm³/mol. The molecule has 2 heterocycles. The van der Waals surface area contributed by atoms with Crippen LogP contribution in [0.5, 0.6) is 11.5 Å². The summed E-state index contributed by atoms with van der Waals surface area (Å²) in [4.78, 5) is 39.6. The first-order valence-corrected chi connectivity index (χ1v) is 12.7. The van der Waals surface area contributed by atoms with E-state index in [-0.39, 0.29) is 27.8 Å². The first-order valence-electron chi connectivity index (χ1n) is 12.7. The molecule has 6 rings (SSSR count). The van der Waals surface area contributed by atoms with Crippen LogP contribution in [0.25, 0.3) is 0 Å². The lowest BCUT2D eigenvalue weighted by Crippen LogP contribution is -2.52. The SMILES string of the molecule is CC1(C)O[C@H]2O[C@H]([C@H](O)c3cc(O)c4c(c3O)C(=O)c3ccccc3C4=O)[C@@](C)(OC(=O)c3ccccc3)[C@H]2O1. The predicted octanol–water partition coefficient (Wildman–Crippen LogP) is 3.40. The highest BCUT2D eigenvalue weighted by atomic mass is 16.8. The molecular formula is C30H26O10. The summed E-state index contributed by atoms with van der Waals surface area (Å²) in [5.41, 5.74) is -2.38. The number of ether oxygens (including phenoxy) is 4. The fraction of sp³-hybridized carbons (Fsp3) is 0.300. The lowest BCUT2D eigenvalue weighted by atomic mass is 9.80. The third-order valence-corrected chi connectivity index (χ3v) is 7.58. The van der Waals surface area contributed by atoms with Gasteiger partial charge in [0, 0.05) is 16.7 Å². The molecule has 2 aliphatic heterocycles. The van der Waals surface area contributed by atoms with Gasteiger partial charge in [0.2, 0.25) is 0 Å². The van der Waals surface area contributed by atoms with Gasteiger partial charge in [-0.15, -0.1) is 0 Å². The monoisotopic (exact) mass is 546 g/mol. The van der Waals surface area contributed by atoms with Crippen LogP contribution in [0.2, 0.25) is 0 Å². The van der Waals surface area contributed by atoms with E-state index in [0.717, 1.165) is 6.07 Å². The fourth-order valence-corrected chi connectivity index (χ4v) is 5.66. The molecule has 10 heteroatoms. The molecule has 0 bridgehead atoms. The van der Waals surface area contributed by atoms with Gasteiger partial charge >= 0.3 is 5.97 Å². The molecule has 40 heavy (non-hydrogen) atoms. The second kappa shape index (κ2) is 8.97. The summed E-state index contributed by atoms with van der Waals surface area (Å²) in [5.74, 6) is -4.44. The molecule has 2 saturated heterocycles. The normalized spacial score (nSPS) is 27.1. The van der Waals surface area contributed by atoms with Gasteiger partial charge in [0.25, 0.3) is 0 Å². The molecular weight excluding hydrogens is 520 g/mol. The number of carbonyl (C=O) groups is 3. The van der Waals surface area contributed by atoms with E-state index in [0.29, 0.717) is 0 Å². The zero-order valence-electron chi connectivity index (χ0n) is 21.8. The molecule has 5 atom stereocenters. The quantitative estimate of drug-likeness (QED) is 0.257. The van der Waals surface area contributed by atoms with Crippen molar-refractivity contribution < 1.29 is 48.7 Å². The van der Waals surface area contributed by atoms with E-state index >= 15 is 0 Å². The minimum Gasteiger partial charge on any atom is -0.507 e. The Bertz CT molecular complexity index is 1560. The molecule has 3 aliphatic rings. The Balaban J connectivity index is 1.42. The number of ketones is 2. The number of phenols is 2. The van der Waals surface area contributed by atoms with Gasteiger partial charge < -0.3 is 34.3 Å². The molecule has 10 nitrogen and oxygen atoms in total. The first-order chi connectivity index (χ1) is 18.9. The number of aliphatic hydroxyl groups excluding tert-OH is 1. The van der Waals surface area contributed by atoms with Crippen molar-refractivity contribution in [1.29, 1.82) is 0 Å². The summed E-state index contributed by atoms with van der Waals surface area (Å²) in [6.45, 7) is 4.83. The largest absolute Gasteiger partial charge is 0.507 e. The molecule has 3 aromatic rings. The van der Waals surface area contributed by atoms with Gasteiger partial charge in [-0.05, 0) is 39.0 Å². The Morgan fingerprint density at radius 3 is 2.15 bits per heavy atom. The maximum absolute atomic E-state index is 13.3. The number of fused-ring (bicyclic) bond motifs is 3. The van der Waals surface area contributed by atoms with E-state index in [1.165, 1.54) is 19.1 Å². The summed E-state index contributed by atoms with van der Waals surface area (Å²) in [6.07, 6.45) is -5.16. The number of hydrogen-bond donors (Lipinski definition) is 3. The minimum atomic E-state index is -1.76. The van der Waals surface area contributed by atoms with Gasteiger partial charge in [0.1, 0.15) is 23.7 Å². The van der Waals surface area contributed by atoms with Crippen molar-refractivity contribution in [3.8, 4) is 11.5 Å². The lowest BCUT2D eigenvalue weighted by Gasteiger charge is -2.37. The van der Waals surface area contributed by atoms with E-state index < -0.39 is 70.6 Å². The highest BCUT2D eigenvalue weighted by Crippen LogP contribution is 2.51. The number of hydrogen-bond acceptors (Lipinski definition) is 10. The fourth-order valence-electron chi connectivity index (χ4n) is 5.66. The summed E-state index contributed by atoms with van der Waals surface area (Å²) in [7, 11) is 0. The van der Waals surface area contributed by atoms with Gasteiger partial charge in [-0.25, -0.2) is 4.79 Å². The van der Waals surface area contributed by atoms with Gasteiger partial charge in [-0.3, -0.25) is 9.59 Å². The van der Waals surface area contributed by atoms with Gasteiger partial charge in [0.05, 0.1) is 16.7 Å². The molecule has 0 amide bonds. The van der Waals surface area contributed by atoms with Crippen LogP contribution in [0.15, 0.2) is 60.7 Å². The number of esters is 1. The van der Waals surface area contributed by atoms with Crippen LogP contribution in [0.3, 0.4) is 0 Å². The van der Waals surface area contributed by atoms with Crippen molar-refractivity contribution in [3.05, 3.63) is 94.0 Å². The second-order valence-corrected chi connectivity index (χ2v) is 10.7. The number of benzene rings is 3. The lowest BCUT2D eigenvalue weighted by molar-refractivity contribution is -0.240. The van der Waals surface area contributed by atoms with Crippen LogP contribution >= 0.6 is 0 Å². The van der Waals surface area contributed by atoms with Gasteiger partial charge in [0.15, 0.2) is 35.3 Å². The standard InChI is InChI=1S/C30H26O10/c1-29(2)38-26-28(40-29)37-25(30(26,3)39-27(36)14-9-5-4-6-10-14)24(35)17-13-18(31)19-20(23(17)34)22(33)16-12-8-7-11-15(16)21(19)32/h4-13,24-26,28,31,34-35H,1-3H3/t24-,25-,26+,28-,30-/m1/s1. The Morgan fingerprint density at radius 1 is 0.900 bits per heavy atom. The van der Waals surface area contributed by atoms with E-state index in [9.17, 15) is 29.7 Å². The van der Waals surface area contributed by atoms with Crippen LogP contribution in [0.4, 0.5) is 0 Å². The van der Waals surface area contributed by atoms with Crippen LogP contribution < -0.4 is 0 Å². The maximum Gasteiger partial charge on any atom is 0.338 e. The average molecular weight is 547 g/mol. The highest BCUT2D eigenvalue weighted by Gasteiger charge is 2.65. The average Bonchev–Trinajstić information content (AvgIpc) is 3.38. The Labute approximate surface area is 228 Å². The van der Waals surface area contributed by atoms with E-state index in [4.69, 9.17) is 18.9 Å². The summed E-state index contributed by atoms with van der Waals surface area (Å²) in [6, 6.07) is 15.3. The molecule has 0 aromatic heterocycles. The van der Waals surface area contributed by atoms with Crippen molar-refractivity contribution in [1.82, 2.24) is 0 Å². The minimum absolute atomic E-state index is 0.0543. The number of aromatic hydroxyl groups is 2. The van der Waals surface area contributed by atoms with Crippen molar-refractivity contribution in [2.45, 2.75) is 56.8 Å². The number of aliphatic hydroxyl groups is 1. The molecule has 0 spiro atoms. The van der Waals surface area contributed by atoms with E-state index in [2.05, 4.69) is 0 Å². The van der Waals surface area contributed by atoms with Crippen molar-refractivity contribution >= 4 is 17.5 Å². The van der Waals surface area contributed by atoms with Crippen molar-refractivity contribution in [3.63, 3.8) is 0 Å². The van der Waals surface area contributed by atoms with Crippen molar-refractivity contribution in [2.24, 2.45) is 0 Å². The van der Waals surface area contributed by atoms with E-state index in [1.807, 2.05) is 0 Å². The first kappa shape index (κ1) is 26.1. The Morgan fingerprint density at radius 2 is 1.50 bits per heavy atom. The highest BCUT2D eigenvalue weighted by molar-refractivity contribution is 6.30. The number of rotatable bonds is 4. The molecule has 3 N–H and O–H groups in total. The van der Waals surface area contributed by atoms with E-state index in [1.54, 1.807) is 56.3 Å². The zero-order chi connectivity index (χ0) is 28.6. The van der Waals surface area contributed by atoms with Crippen molar-refractivity contribution in [2.75, 3.05) is 0 Å². The molecule has 1 aliphatic carbocycles. The Hall–Kier alpha value is -4.09. The Kier molecular flexibility index (Phi) is 5.86. The number of phenolic OH excluding ortho intramolecular Hbond substituents is 2. The van der Waals surface area contributed by atoms with Crippen LogP contribution in [0, 0.1) is 0 Å². The molecule has 0 saturated carbocycles. The third-order valence-electron chi connectivity index (χ3n) is 7.58. The molecule has 0 unspecified atom stereocenters.